The predicted molar refractivity (Wildman–Crippen MR) is 137 cm³/mol. The predicted octanol–water partition coefficient (Wildman–Crippen LogP) is 4.15. The number of carboxylic acids is 1. The molecule has 0 aliphatic heterocycles. The van der Waals surface area contributed by atoms with Gasteiger partial charge in [0, 0.05) is 5.41 Å². The molecule has 0 amide bonds. The molecule has 0 saturated heterocycles. The first-order valence-electron chi connectivity index (χ1n) is 14.1. The molecule has 0 aromatic carbocycles. The number of hydrogen-bond donors (Lipinski definition) is 5. The van der Waals surface area contributed by atoms with E-state index < -0.39 is 35.1 Å². The molecule has 36 heavy (non-hydrogen) atoms. The van der Waals surface area contributed by atoms with Crippen LogP contribution in [-0.4, -0.2) is 56.4 Å². The number of rotatable bonds is 2. The van der Waals surface area contributed by atoms with Gasteiger partial charge in [0.25, 0.3) is 0 Å². The second kappa shape index (κ2) is 7.80. The SMILES string of the molecule is CC1(C)CC[C@]2(C(=O)O)[C@H](C1)C1=CC[C@H]3[C@@]4(C)C[C@@H](O)[C@@H](O)[C@](C)(CO)[C@H]4CC[C@]3(C)[C@@]1(C)C[C@@H]2O. The Morgan fingerprint density at radius 1 is 0.944 bits per heavy atom. The number of aliphatic hydroxyl groups excluding tert-OH is 4. The lowest BCUT2D eigenvalue weighted by Gasteiger charge is -2.72. The second-order valence-corrected chi connectivity index (χ2v) is 15.2. The Hall–Kier alpha value is -0.950. The maximum absolute atomic E-state index is 12.8. The summed E-state index contributed by atoms with van der Waals surface area (Å²) in [7, 11) is 0. The van der Waals surface area contributed by atoms with Gasteiger partial charge in [0.2, 0.25) is 0 Å². The number of carboxylic acid groups (broad SMARTS) is 1. The summed E-state index contributed by atoms with van der Waals surface area (Å²) in [6.07, 6.45) is 5.13. The molecule has 4 fully saturated rings. The Labute approximate surface area is 216 Å². The lowest BCUT2D eigenvalue weighted by atomic mass is 9.33. The van der Waals surface area contributed by atoms with Crippen LogP contribution < -0.4 is 0 Å². The summed E-state index contributed by atoms with van der Waals surface area (Å²) in [5, 5.41) is 54.5. The van der Waals surface area contributed by atoms with Gasteiger partial charge in [-0.05, 0) is 90.8 Å². The molecule has 5 aliphatic rings. The normalized spacial score (nSPS) is 55.9. The van der Waals surface area contributed by atoms with Crippen molar-refractivity contribution in [2.45, 2.75) is 111 Å². The minimum Gasteiger partial charge on any atom is -0.481 e. The number of carbonyl (C=O) groups is 1. The Balaban J connectivity index is 1.64. The fraction of sp³-hybridized carbons (Fsp3) is 0.900. The molecule has 0 aromatic heterocycles. The largest absolute Gasteiger partial charge is 0.481 e. The highest BCUT2D eigenvalue weighted by Crippen LogP contribution is 2.75. The van der Waals surface area contributed by atoms with E-state index in [0.717, 1.165) is 32.1 Å². The van der Waals surface area contributed by atoms with Gasteiger partial charge in [-0.2, -0.15) is 0 Å². The van der Waals surface area contributed by atoms with Crippen molar-refractivity contribution in [3.05, 3.63) is 11.6 Å². The molecular weight excluding hydrogens is 456 g/mol. The molecule has 6 heteroatoms. The summed E-state index contributed by atoms with van der Waals surface area (Å²) in [4.78, 5) is 12.8. The van der Waals surface area contributed by atoms with Gasteiger partial charge in [0.15, 0.2) is 0 Å². The van der Waals surface area contributed by atoms with E-state index in [1.54, 1.807) is 0 Å². The number of aliphatic hydroxyl groups is 4. The van der Waals surface area contributed by atoms with Crippen LogP contribution in [0, 0.1) is 50.2 Å². The Morgan fingerprint density at radius 3 is 2.22 bits per heavy atom. The minimum atomic E-state index is -1.12. The Morgan fingerprint density at radius 2 is 1.61 bits per heavy atom. The third kappa shape index (κ3) is 3.02. The van der Waals surface area contributed by atoms with Crippen molar-refractivity contribution < 1.29 is 30.3 Å². The quantitative estimate of drug-likeness (QED) is 0.361. The van der Waals surface area contributed by atoms with Crippen LogP contribution in [0.4, 0.5) is 0 Å². The fourth-order valence-corrected chi connectivity index (χ4v) is 10.9. The van der Waals surface area contributed by atoms with Crippen LogP contribution in [-0.2, 0) is 4.79 Å². The van der Waals surface area contributed by atoms with E-state index in [0.29, 0.717) is 19.3 Å². The van der Waals surface area contributed by atoms with Crippen molar-refractivity contribution in [3.8, 4) is 0 Å². The summed E-state index contributed by atoms with van der Waals surface area (Å²) in [5.74, 6) is -0.765. The van der Waals surface area contributed by atoms with Crippen LogP contribution in [0.25, 0.3) is 0 Å². The summed E-state index contributed by atoms with van der Waals surface area (Å²) in [5.41, 5.74) is -1.44. The topological polar surface area (TPSA) is 118 Å². The van der Waals surface area contributed by atoms with Crippen molar-refractivity contribution in [2.75, 3.05) is 6.61 Å². The van der Waals surface area contributed by atoms with Crippen LogP contribution in [0.2, 0.25) is 0 Å². The van der Waals surface area contributed by atoms with Gasteiger partial charge in [-0.1, -0.05) is 53.2 Å². The van der Waals surface area contributed by atoms with E-state index in [1.807, 2.05) is 6.92 Å². The average Bonchev–Trinajstić information content (AvgIpc) is 2.77. The lowest BCUT2D eigenvalue weighted by Crippen LogP contribution is -2.69. The maximum atomic E-state index is 12.8. The van der Waals surface area contributed by atoms with E-state index in [2.05, 4.69) is 40.7 Å². The van der Waals surface area contributed by atoms with E-state index in [9.17, 15) is 30.3 Å². The first-order chi connectivity index (χ1) is 16.5. The van der Waals surface area contributed by atoms with Crippen molar-refractivity contribution in [1.29, 1.82) is 0 Å². The molecule has 0 heterocycles. The van der Waals surface area contributed by atoms with Crippen LogP contribution in [0.5, 0.6) is 0 Å². The van der Waals surface area contributed by atoms with Gasteiger partial charge in [-0.3, -0.25) is 4.79 Å². The number of fused-ring (bicyclic) bond motifs is 7. The van der Waals surface area contributed by atoms with E-state index in [4.69, 9.17) is 0 Å². The summed E-state index contributed by atoms with van der Waals surface area (Å²) in [6, 6.07) is 0. The van der Waals surface area contributed by atoms with Crippen LogP contribution in [0.15, 0.2) is 11.6 Å². The molecule has 0 bridgehead atoms. The highest BCUT2D eigenvalue weighted by molar-refractivity contribution is 5.77. The zero-order valence-corrected chi connectivity index (χ0v) is 23.0. The van der Waals surface area contributed by atoms with Gasteiger partial charge < -0.3 is 25.5 Å². The molecule has 5 rings (SSSR count). The molecule has 204 valence electrons. The standard InChI is InChI=1S/C30H48O6/c1-25(2)11-12-30(24(35)36)18(13-25)17-7-8-21-26(3)14-19(32)23(34)27(4,16-31)20(26)9-10-28(21,5)29(17,6)15-22(30)33/h7,18-23,31-34H,8-16H2,1-6H3,(H,35,36)/t18-,19-,20+,21+,22+,23-,26+,27-,28+,29+,30+/m1/s1. The summed E-state index contributed by atoms with van der Waals surface area (Å²) >= 11 is 0. The molecule has 0 unspecified atom stereocenters. The van der Waals surface area contributed by atoms with Crippen molar-refractivity contribution in [1.82, 2.24) is 0 Å². The smallest absolute Gasteiger partial charge is 0.312 e. The molecule has 5 N–H and O–H groups in total. The third-order valence-corrected chi connectivity index (χ3v) is 13.2. The molecule has 0 aromatic rings. The molecule has 5 aliphatic carbocycles. The highest BCUT2D eigenvalue weighted by atomic mass is 16.4. The third-order valence-electron chi connectivity index (χ3n) is 13.2. The van der Waals surface area contributed by atoms with E-state index in [1.165, 1.54) is 5.57 Å². The fourth-order valence-electron chi connectivity index (χ4n) is 10.9. The first-order valence-corrected chi connectivity index (χ1v) is 14.1. The summed E-state index contributed by atoms with van der Waals surface area (Å²) < 4.78 is 0. The number of aliphatic carboxylic acids is 1. The molecular formula is C30H48O6. The number of allylic oxidation sites excluding steroid dienone is 2. The van der Waals surface area contributed by atoms with Crippen LogP contribution in [0.3, 0.4) is 0 Å². The van der Waals surface area contributed by atoms with Crippen molar-refractivity contribution >= 4 is 5.97 Å². The molecule has 0 radical (unpaired) electrons. The zero-order valence-electron chi connectivity index (χ0n) is 23.0. The monoisotopic (exact) mass is 504 g/mol. The van der Waals surface area contributed by atoms with Gasteiger partial charge in [0.1, 0.15) is 5.41 Å². The second-order valence-electron chi connectivity index (χ2n) is 15.2. The minimum absolute atomic E-state index is 0.0242. The van der Waals surface area contributed by atoms with Crippen LogP contribution in [0.1, 0.15) is 92.9 Å². The van der Waals surface area contributed by atoms with Gasteiger partial charge in [-0.25, -0.2) is 0 Å². The van der Waals surface area contributed by atoms with Crippen molar-refractivity contribution in [3.63, 3.8) is 0 Å². The Kier molecular flexibility index (Phi) is 5.77. The van der Waals surface area contributed by atoms with E-state index in [-0.39, 0.29) is 46.0 Å². The Bertz CT molecular complexity index is 974. The van der Waals surface area contributed by atoms with Gasteiger partial charge >= 0.3 is 5.97 Å². The van der Waals surface area contributed by atoms with Crippen molar-refractivity contribution in [2.24, 2.45) is 50.2 Å². The first kappa shape index (κ1) is 26.6. The summed E-state index contributed by atoms with van der Waals surface area (Å²) in [6.45, 7) is 13.1. The van der Waals surface area contributed by atoms with Gasteiger partial charge in [-0.15, -0.1) is 0 Å². The maximum Gasteiger partial charge on any atom is 0.312 e. The zero-order chi connectivity index (χ0) is 26.7. The van der Waals surface area contributed by atoms with E-state index >= 15 is 0 Å². The lowest BCUT2D eigenvalue weighted by molar-refractivity contribution is -0.248. The molecule has 6 nitrogen and oxygen atoms in total. The molecule has 11 atom stereocenters. The molecule has 0 spiro atoms. The van der Waals surface area contributed by atoms with Gasteiger partial charge in [0.05, 0.1) is 24.9 Å². The average molecular weight is 505 g/mol. The van der Waals surface area contributed by atoms with Crippen LogP contribution >= 0.6 is 0 Å². The number of hydrogen-bond acceptors (Lipinski definition) is 5. The highest BCUT2D eigenvalue weighted by Gasteiger charge is 2.72. The molecule has 4 saturated carbocycles.